The van der Waals surface area contributed by atoms with E-state index in [0.717, 1.165) is 11.3 Å². The summed E-state index contributed by atoms with van der Waals surface area (Å²) in [4.78, 5) is 15.8. The van der Waals surface area contributed by atoms with Crippen LogP contribution < -0.4 is 14.8 Å². The van der Waals surface area contributed by atoms with E-state index in [1.807, 2.05) is 43.3 Å². The molecule has 0 saturated carbocycles. The minimum absolute atomic E-state index is 0.0505. The van der Waals surface area contributed by atoms with Crippen LogP contribution in [0.2, 0.25) is 5.02 Å². The summed E-state index contributed by atoms with van der Waals surface area (Å²) >= 11 is 6.02. The SMILES string of the molecule is CCOc1cccc(C2CC(c3cccc(OC)c3)=NC(c3ccc(Cl)c([N+](=O)[O-])c3)N2)c1O. The molecule has 0 radical (unpaired) electrons. The third-order valence-electron chi connectivity index (χ3n) is 5.63. The Kier molecular flexibility index (Phi) is 7.00. The zero-order valence-electron chi connectivity index (χ0n) is 18.7. The summed E-state index contributed by atoms with van der Waals surface area (Å²) in [6, 6.07) is 17.2. The molecule has 34 heavy (non-hydrogen) atoms. The molecule has 0 amide bonds. The lowest BCUT2D eigenvalue weighted by atomic mass is 9.93. The number of nitrogens with one attached hydrogen (secondary N) is 1. The number of halogens is 1. The van der Waals surface area contributed by atoms with Gasteiger partial charge in [-0.1, -0.05) is 41.9 Å². The second kappa shape index (κ2) is 10.1. The maximum Gasteiger partial charge on any atom is 0.288 e. The summed E-state index contributed by atoms with van der Waals surface area (Å²) in [7, 11) is 1.60. The van der Waals surface area contributed by atoms with Crippen LogP contribution in [-0.2, 0) is 0 Å². The number of nitro groups is 1. The third kappa shape index (κ3) is 4.83. The first-order valence-corrected chi connectivity index (χ1v) is 11.1. The first-order valence-electron chi connectivity index (χ1n) is 10.8. The largest absolute Gasteiger partial charge is 0.504 e. The van der Waals surface area contributed by atoms with Crippen LogP contribution in [0.4, 0.5) is 5.69 Å². The molecule has 0 fully saturated rings. The van der Waals surface area contributed by atoms with E-state index in [9.17, 15) is 15.2 Å². The molecule has 3 aromatic carbocycles. The molecule has 4 rings (SSSR count). The number of nitrogens with zero attached hydrogens (tertiary/aromatic N) is 2. The molecule has 9 heteroatoms. The normalized spacial score (nSPS) is 17.7. The van der Waals surface area contributed by atoms with Crippen LogP contribution in [0.5, 0.6) is 17.2 Å². The second-order valence-electron chi connectivity index (χ2n) is 7.73. The zero-order chi connectivity index (χ0) is 24.2. The van der Waals surface area contributed by atoms with E-state index in [1.165, 1.54) is 12.1 Å². The topological polar surface area (TPSA) is 106 Å². The Labute approximate surface area is 202 Å². The molecular formula is C25H24ClN3O5. The Bertz CT molecular complexity index is 1250. The minimum Gasteiger partial charge on any atom is -0.504 e. The Morgan fingerprint density at radius 1 is 1.21 bits per heavy atom. The third-order valence-corrected chi connectivity index (χ3v) is 5.95. The van der Waals surface area contributed by atoms with E-state index in [4.69, 9.17) is 26.1 Å². The Hall–Kier alpha value is -3.62. The number of hydrogen-bond donors (Lipinski definition) is 2. The van der Waals surface area contributed by atoms with Gasteiger partial charge in [-0.15, -0.1) is 0 Å². The first-order chi connectivity index (χ1) is 16.4. The summed E-state index contributed by atoms with van der Waals surface area (Å²) in [5.41, 5.74) is 2.67. The van der Waals surface area contributed by atoms with Crippen LogP contribution in [0.25, 0.3) is 0 Å². The summed E-state index contributed by atoms with van der Waals surface area (Å²) in [6.45, 7) is 2.27. The number of rotatable bonds is 7. The summed E-state index contributed by atoms with van der Waals surface area (Å²) in [5.74, 6) is 1.13. The quantitative estimate of drug-likeness (QED) is 0.337. The predicted molar refractivity (Wildman–Crippen MR) is 130 cm³/mol. The molecule has 2 unspecified atom stereocenters. The number of benzene rings is 3. The number of ether oxygens (including phenoxy) is 2. The number of aromatic hydroxyl groups is 1. The predicted octanol–water partition coefficient (Wildman–Crippen LogP) is 5.58. The van der Waals surface area contributed by atoms with E-state index in [0.29, 0.717) is 35.7 Å². The van der Waals surface area contributed by atoms with Crippen molar-refractivity contribution in [3.8, 4) is 17.2 Å². The highest BCUT2D eigenvalue weighted by molar-refractivity contribution is 6.32. The van der Waals surface area contributed by atoms with Crippen LogP contribution in [-0.4, -0.2) is 29.5 Å². The zero-order valence-corrected chi connectivity index (χ0v) is 19.5. The van der Waals surface area contributed by atoms with Crippen molar-refractivity contribution in [2.75, 3.05) is 13.7 Å². The van der Waals surface area contributed by atoms with Gasteiger partial charge in [0.15, 0.2) is 11.5 Å². The maximum absolute atomic E-state index is 11.4. The van der Waals surface area contributed by atoms with Crippen molar-refractivity contribution >= 4 is 23.0 Å². The van der Waals surface area contributed by atoms with Crippen molar-refractivity contribution < 1.29 is 19.5 Å². The van der Waals surface area contributed by atoms with E-state index in [2.05, 4.69) is 5.32 Å². The fourth-order valence-electron chi connectivity index (χ4n) is 3.99. The summed E-state index contributed by atoms with van der Waals surface area (Å²) in [5, 5.41) is 25.8. The smallest absolute Gasteiger partial charge is 0.288 e. The Morgan fingerprint density at radius 3 is 2.74 bits per heavy atom. The highest BCUT2D eigenvalue weighted by atomic mass is 35.5. The molecule has 8 nitrogen and oxygen atoms in total. The van der Waals surface area contributed by atoms with E-state index < -0.39 is 11.1 Å². The number of methoxy groups -OCH3 is 1. The van der Waals surface area contributed by atoms with Crippen LogP contribution >= 0.6 is 11.6 Å². The van der Waals surface area contributed by atoms with Gasteiger partial charge in [-0.25, -0.2) is 0 Å². The molecule has 3 aromatic rings. The highest BCUT2D eigenvalue weighted by Gasteiger charge is 2.30. The van der Waals surface area contributed by atoms with Gasteiger partial charge in [0.25, 0.3) is 5.69 Å². The highest BCUT2D eigenvalue weighted by Crippen LogP contribution is 2.39. The molecule has 0 spiro atoms. The molecule has 2 atom stereocenters. The first kappa shape index (κ1) is 23.5. The molecule has 1 aliphatic rings. The average molecular weight is 482 g/mol. The summed E-state index contributed by atoms with van der Waals surface area (Å²) < 4.78 is 10.9. The van der Waals surface area contributed by atoms with E-state index >= 15 is 0 Å². The van der Waals surface area contributed by atoms with Crippen molar-refractivity contribution in [1.82, 2.24) is 5.32 Å². The summed E-state index contributed by atoms with van der Waals surface area (Å²) in [6.07, 6.45) is -0.131. The van der Waals surface area contributed by atoms with Crippen LogP contribution in [0.15, 0.2) is 65.7 Å². The van der Waals surface area contributed by atoms with Gasteiger partial charge in [0.1, 0.15) is 16.9 Å². The lowest BCUT2D eigenvalue weighted by Gasteiger charge is -2.31. The number of nitro benzene ring substituents is 1. The molecule has 0 bridgehead atoms. The lowest BCUT2D eigenvalue weighted by molar-refractivity contribution is -0.384. The lowest BCUT2D eigenvalue weighted by Crippen LogP contribution is -2.33. The van der Waals surface area contributed by atoms with Gasteiger partial charge in [0.2, 0.25) is 0 Å². The molecule has 176 valence electrons. The van der Waals surface area contributed by atoms with Gasteiger partial charge in [-0.3, -0.25) is 20.4 Å². The molecule has 0 aliphatic carbocycles. The standard InChI is InChI=1S/C25H24ClN3O5/c1-3-34-23-9-5-8-18(24(23)30)21-14-20(15-6-4-7-17(12-15)33-2)27-25(28-21)16-10-11-19(26)22(13-16)29(31)32/h4-13,21,25,28,30H,3,14H2,1-2H3. The van der Waals surface area contributed by atoms with Gasteiger partial charge >= 0.3 is 0 Å². The van der Waals surface area contributed by atoms with Gasteiger partial charge in [-0.05, 0) is 42.3 Å². The number of hydrogen-bond acceptors (Lipinski definition) is 7. The molecule has 2 N–H and O–H groups in total. The number of para-hydroxylation sites is 1. The van der Waals surface area contributed by atoms with Gasteiger partial charge in [-0.2, -0.15) is 0 Å². The van der Waals surface area contributed by atoms with Gasteiger partial charge < -0.3 is 14.6 Å². The molecule has 0 aromatic heterocycles. The van der Waals surface area contributed by atoms with Gasteiger partial charge in [0.05, 0.1) is 18.6 Å². The Morgan fingerprint density at radius 2 is 2.00 bits per heavy atom. The second-order valence-corrected chi connectivity index (χ2v) is 8.14. The average Bonchev–Trinajstić information content (AvgIpc) is 2.85. The van der Waals surface area contributed by atoms with E-state index in [1.54, 1.807) is 19.2 Å². The Balaban J connectivity index is 1.80. The fourth-order valence-corrected chi connectivity index (χ4v) is 4.17. The number of phenolic OH excluding ortho intramolecular Hbond substituents is 1. The van der Waals surface area contributed by atoms with Gasteiger partial charge in [0, 0.05) is 29.8 Å². The van der Waals surface area contributed by atoms with Crippen LogP contribution in [0.1, 0.15) is 42.2 Å². The van der Waals surface area contributed by atoms with Crippen molar-refractivity contribution in [3.63, 3.8) is 0 Å². The fraction of sp³-hybridized carbons (Fsp3) is 0.240. The molecular weight excluding hydrogens is 458 g/mol. The minimum atomic E-state index is -0.605. The van der Waals surface area contributed by atoms with Crippen molar-refractivity contribution in [1.29, 1.82) is 0 Å². The van der Waals surface area contributed by atoms with Crippen molar-refractivity contribution in [3.05, 3.63) is 92.5 Å². The van der Waals surface area contributed by atoms with Crippen LogP contribution in [0.3, 0.4) is 0 Å². The molecule has 0 saturated heterocycles. The van der Waals surface area contributed by atoms with E-state index in [-0.39, 0.29) is 22.5 Å². The van der Waals surface area contributed by atoms with Crippen molar-refractivity contribution in [2.45, 2.75) is 25.6 Å². The monoisotopic (exact) mass is 481 g/mol. The number of phenols is 1. The van der Waals surface area contributed by atoms with Crippen LogP contribution in [0, 0.1) is 10.1 Å². The molecule has 1 aliphatic heterocycles. The number of aliphatic imine (C=N–C) groups is 1. The van der Waals surface area contributed by atoms with Crippen molar-refractivity contribution in [2.24, 2.45) is 4.99 Å². The maximum atomic E-state index is 11.4. The molecule has 1 heterocycles.